The maximum absolute atomic E-state index is 13.4. The van der Waals surface area contributed by atoms with Gasteiger partial charge < -0.3 is 5.32 Å². The minimum absolute atomic E-state index is 0.0269. The van der Waals surface area contributed by atoms with Gasteiger partial charge in [-0.2, -0.15) is 0 Å². The zero-order valence-electron chi connectivity index (χ0n) is 17.8. The molecule has 0 saturated carbocycles. The van der Waals surface area contributed by atoms with Crippen LogP contribution in [0.3, 0.4) is 0 Å². The quantitative estimate of drug-likeness (QED) is 0.494. The number of hydrogen-bond donors (Lipinski definition) is 1. The third kappa shape index (κ3) is 5.64. The standard InChI is InChI=1S/C22H25ClFN5OS/c1-14(18-7-5-6-8-19(18)23)25-20(30)13-31-22-27-26-21(15(2)28(3)4)29(22)17-11-9-16(24)10-12-17/h5-12,14-15H,13H2,1-4H3,(H,25,30). The SMILES string of the molecule is CC(NC(=O)CSc1nnc(C(C)N(C)C)n1-c1ccc(F)cc1)c1ccccc1Cl. The van der Waals surface area contributed by atoms with Gasteiger partial charge in [0.05, 0.1) is 17.8 Å². The van der Waals surface area contributed by atoms with Crippen molar-refractivity contribution in [2.75, 3.05) is 19.8 Å². The third-order valence-corrected chi connectivity index (χ3v) is 6.25. The average Bonchev–Trinajstić information content (AvgIpc) is 3.16. The van der Waals surface area contributed by atoms with Crippen LogP contribution in [0.2, 0.25) is 5.02 Å². The monoisotopic (exact) mass is 461 g/mol. The Hall–Kier alpha value is -2.42. The smallest absolute Gasteiger partial charge is 0.230 e. The van der Waals surface area contributed by atoms with Crippen molar-refractivity contribution in [3.8, 4) is 5.69 Å². The molecular formula is C22H25ClFN5OS. The second-order valence-electron chi connectivity index (χ2n) is 7.39. The lowest BCUT2D eigenvalue weighted by atomic mass is 10.1. The Morgan fingerprint density at radius 1 is 1.16 bits per heavy atom. The number of hydrogen-bond acceptors (Lipinski definition) is 5. The van der Waals surface area contributed by atoms with E-state index in [-0.39, 0.29) is 29.6 Å². The number of halogens is 2. The van der Waals surface area contributed by atoms with E-state index in [4.69, 9.17) is 11.6 Å². The molecule has 9 heteroatoms. The van der Waals surface area contributed by atoms with Gasteiger partial charge in [0, 0.05) is 10.7 Å². The first-order chi connectivity index (χ1) is 14.8. The highest BCUT2D eigenvalue weighted by Crippen LogP contribution is 2.27. The molecule has 1 amide bonds. The number of carbonyl (C=O) groups is 1. The second-order valence-corrected chi connectivity index (χ2v) is 8.74. The number of aromatic nitrogens is 3. The molecule has 1 aromatic heterocycles. The summed E-state index contributed by atoms with van der Waals surface area (Å²) in [7, 11) is 3.90. The van der Waals surface area contributed by atoms with Crippen LogP contribution in [0.5, 0.6) is 0 Å². The van der Waals surface area contributed by atoms with Crippen molar-refractivity contribution in [3.05, 3.63) is 70.8 Å². The van der Waals surface area contributed by atoms with E-state index in [1.54, 1.807) is 18.2 Å². The lowest BCUT2D eigenvalue weighted by Gasteiger charge is -2.20. The molecule has 0 fully saturated rings. The second kappa shape index (κ2) is 10.3. The molecule has 1 N–H and O–H groups in total. The molecule has 0 saturated heterocycles. The largest absolute Gasteiger partial charge is 0.349 e. The normalized spacial score (nSPS) is 13.3. The van der Waals surface area contributed by atoms with Crippen LogP contribution in [-0.2, 0) is 4.79 Å². The van der Waals surface area contributed by atoms with Gasteiger partial charge >= 0.3 is 0 Å². The fourth-order valence-electron chi connectivity index (χ4n) is 3.03. The van der Waals surface area contributed by atoms with Crippen LogP contribution < -0.4 is 5.32 Å². The number of nitrogens with zero attached hydrogens (tertiary/aromatic N) is 4. The van der Waals surface area contributed by atoms with E-state index in [1.807, 2.05) is 55.6 Å². The molecule has 0 aliphatic rings. The van der Waals surface area contributed by atoms with Crippen LogP contribution in [0, 0.1) is 5.82 Å². The number of nitrogens with one attached hydrogen (secondary N) is 1. The summed E-state index contributed by atoms with van der Waals surface area (Å²) in [6, 6.07) is 13.3. The van der Waals surface area contributed by atoms with Gasteiger partial charge in [-0.1, -0.05) is 41.6 Å². The maximum atomic E-state index is 13.4. The van der Waals surface area contributed by atoms with Crippen molar-refractivity contribution >= 4 is 29.3 Å². The molecule has 2 unspecified atom stereocenters. The van der Waals surface area contributed by atoms with Gasteiger partial charge in [0.1, 0.15) is 5.82 Å². The van der Waals surface area contributed by atoms with Crippen LogP contribution in [0.15, 0.2) is 53.7 Å². The fourth-order valence-corrected chi connectivity index (χ4v) is 4.10. The zero-order valence-corrected chi connectivity index (χ0v) is 19.4. The summed E-state index contributed by atoms with van der Waals surface area (Å²) >= 11 is 7.50. The van der Waals surface area contributed by atoms with Crippen LogP contribution in [0.25, 0.3) is 5.69 Å². The van der Waals surface area contributed by atoms with E-state index >= 15 is 0 Å². The van der Waals surface area contributed by atoms with Gasteiger partial charge in [0.15, 0.2) is 11.0 Å². The molecule has 3 rings (SSSR count). The Balaban J connectivity index is 1.77. The van der Waals surface area contributed by atoms with Crippen molar-refractivity contribution < 1.29 is 9.18 Å². The highest BCUT2D eigenvalue weighted by atomic mass is 35.5. The number of amides is 1. The number of thioether (sulfide) groups is 1. The lowest BCUT2D eigenvalue weighted by molar-refractivity contribution is -0.119. The Kier molecular flexibility index (Phi) is 7.69. The Bertz CT molecular complexity index is 1040. The molecule has 3 aromatic rings. The highest BCUT2D eigenvalue weighted by molar-refractivity contribution is 7.99. The summed E-state index contributed by atoms with van der Waals surface area (Å²) in [6.07, 6.45) is 0. The highest BCUT2D eigenvalue weighted by Gasteiger charge is 2.22. The maximum Gasteiger partial charge on any atom is 0.230 e. The van der Waals surface area contributed by atoms with E-state index in [0.717, 1.165) is 11.3 Å². The van der Waals surface area contributed by atoms with Crippen LogP contribution >= 0.6 is 23.4 Å². The van der Waals surface area contributed by atoms with E-state index in [1.165, 1.54) is 23.9 Å². The Morgan fingerprint density at radius 2 is 1.84 bits per heavy atom. The molecular weight excluding hydrogens is 437 g/mol. The molecule has 0 aliphatic heterocycles. The number of benzene rings is 2. The summed E-state index contributed by atoms with van der Waals surface area (Å²) in [4.78, 5) is 14.6. The predicted molar refractivity (Wildman–Crippen MR) is 122 cm³/mol. The first kappa shape index (κ1) is 23.2. The molecule has 6 nitrogen and oxygen atoms in total. The summed E-state index contributed by atoms with van der Waals surface area (Å²) in [5, 5.41) is 12.8. The molecule has 1 heterocycles. The van der Waals surface area contributed by atoms with Crippen molar-refractivity contribution in [2.24, 2.45) is 0 Å². The zero-order chi connectivity index (χ0) is 22.5. The summed E-state index contributed by atoms with van der Waals surface area (Å²) in [5.74, 6) is 0.406. The van der Waals surface area contributed by atoms with Gasteiger partial charge in [0.2, 0.25) is 5.91 Å². The van der Waals surface area contributed by atoms with E-state index < -0.39 is 0 Å². The molecule has 0 aliphatic carbocycles. The molecule has 2 aromatic carbocycles. The Morgan fingerprint density at radius 3 is 2.48 bits per heavy atom. The molecule has 0 spiro atoms. The third-order valence-electron chi connectivity index (χ3n) is 4.97. The van der Waals surface area contributed by atoms with Crippen molar-refractivity contribution in [1.82, 2.24) is 25.0 Å². The van der Waals surface area contributed by atoms with E-state index in [9.17, 15) is 9.18 Å². The van der Waals surface area contributed by atoms with Gasteiger partial charge in [0.25, 0.3) is 0 Å². The molecule has 0 radical (unpaired) electrons. The molecule has 31 heavy (non-hydrogen) atoms. The number of rotatable bonds is 8. The fraction of sp³-hybridized carbons (Fsp3) is 0.318. The first-order valence-electron chi connectivity index (χ1n) is 9.82. The topological polar surface area (TPSA) is 63.1 Å². The average molecular weight is 462 g/mol. The molecule has 0 bridgehead atoms. The summed E-state index contributed by atoms with van der Waals surface area (Å²) in [5.41, 5.74) is 1.60. The van der Waals surface area contributed by atoms with E-state index in [0.29, 0.717) is 16.0 Å². The molecule has 164 valence electrons. The van der Waals surface area contributed by atoms with E-state index in [2.05, 4.69) is 15.5 Å². The van der Waals surface area contributed by atoms with Gasteiger partial charge in [-0.25, -0.2) is 4.39 Å². The van der Waals surface area contributed by atoms with Crippen molar-refractivity contribution in [1.29, 1.82) is 0 Å². The summed E-state index contributed by atoms with van der Waals surface area (Å²) in [6.45, 7) is 3.90. The summed E-state index contributed by atoms with van der Waals surface area (Å²) < 4.78 is 15.3. The molecule has 2 atom stereocenters. The Labute approximate surface area is 190 Å². The van der Waals surface area contributed by atoms with Gasteiger partial charge in [-0.3, -0.25) is 14.3 Å². The van der Waals surface area contributed by atoms with Gasteiger partial charge in [-0.15, -0.1) is 10.2 Å². The lowest BCUT2D eigenvalue weighted by Crippen LogP contribution is -2.28. The predicted octanol–water partition coefficient (Wildman–Crippen LogP) is 4.65. The van der Waals surface area contributed by atoms with Crippen molar-refractivity contribution in [3.63, 3.8) is 0 Å². The van der Waals surface area contributed by atoms with Crippen molar-refractivity contribution in [2.45, 2.75) is 31.1 Å². The number of carbonyl (C=O) groups excluding carboxylic acids is 1. The van der Waals surface area contributed by atoms with Crippen LogP contribution in [0.1, 0.15) is 37.3 Å². The minimum Gasteiger partial charge on any atom is -0.349 e. The first-order valence-corrected chi connectivity index (χ1v) is 11.2. The van der Waals surface area contributed by atoms with Crippen LogP contribution in [0.4, 0.5) is 4.39 Å². The van der Waals surface area contributed by atoms with Crippen LogP contribution in [-0.4, -0.2) is 45.4 Å². The minimum atomic E-state index is -0.318. The van der Waals surface area contributed by atoms with Gasteiger partial charge in [-0.05, 0) is 63.8 Å².